The molecule has 1 N–H and O–H groups in total. The Morgan fingerprint density at radius 1 is 1.29 bits per heavy atom. The Hall–Kier alpha value is -1.84. The monoisotopic (exact) mass is 286 g/mol. The van der Waals surface area contributed by atoms with Crippen molar-refractivity contribution in [2.75, 3.05) is 0 Å². The van der Waals surface area contributed by atoms with Crippen LogP contribution in [0.1, 0.15) is 43.9 Å². The third kappa shape index (κ3) is 1.88. The van der Waals surface area contributed by atoms with Gasteiger partial charge in [0.25, 0.3) is 0 Å². The van der Waals surface area contributed by atoms with E-state index in [4.69, 9.17) is 5.11 Å². The lowest BCUT2D eigenvalue weighted by Gasteiger charge is -2.08. The quantitative estimate of drug-likeness (QED) is 0.935. The molecule has 0 radical (unpaired) electrons. The molecule has 0 atom stereocenters. The number of nitrogens with zero attached hydrogens (tertiary/aromatic N) is 2. The van der Waals surface area contributed by atoms with E-state index >= 15 is 0 Å². The Kier molecular flexibility index (Phi) is 2.75. The average molecular weight is 286 g/mol. The van der Waals surface area contributed by atoms with Gasteiger partial charge in [-0.15, -0.1) is 0 Å². The minimum atomic E-state index is -0.909. The van der Waals surface area contributed by atoms with Crippen molar-refractivity contribution >= 4 is 17.0 Å². The molecule has 21 heavy (non-hydrogen) atoms. The summed E-state index contributed by atoms with van der Waals surface area (Å²) < 4.78 is 2.22. The summed E-state index contributed by atoms with van der Waals surface area (Å²) >= 11 is 0. The molecule has 4 nitrogen and oxygen atoms in total. The molecule has 0 spiro atoms. The lowest BCUT2D eigenvalue weighted by molar-refractivity contribution is 0.0697. The van der Waals surface area contributed by atoms with Crippen LogP contribution in [-0.4, -0.2) is 20.6 Å². The number of carbonyl (C=O) groups is 1. The van der Waals surface area contributed by atoms with Gasteiger partial charge in [-0.05, 0) is 41.9 Å². The molecule has 4 heteroatoms. The summed E-state index contributed by atoms with van der Waals surface area (Å²) in [7, 11) is 0. The number of hydrogen-bond acceptors (Lipinski definition) is 2. The Labute approximate surface area is 124 Å². The van der Waals surface area contributed by atoms with Gasteiger partial charge in [0.05, 0.1) is 16.6 Å². The zero-order valence-corrected chi connectivity index (χ0v) is 13.3. The van der Waals surface area contributed by atoms with Crippen molar-refractivity contribution in [3.8, 4) is 0 Å². The fraction of sp³-hybridized carbons (Fsp3) is 0.529. The van der Waals surface area contributed by atoms with E-state index in [0.717, 1.165) is 23.4 Å². The van der Waals surface area contributed by atoms with Crippen LogP contribution in [0.5, 0.6) is 0 Å². The molecule has 1 heterocycles. The lowest BCUT2D eigenvalue weighted by atomic mass is 10.0. The molecule has 1 aliphatic rings. The van der Waals surface area contributed by atoms with Gasteiger partial charge in [0.15, 0.2) is 0 Å². The summed E-state index contributed by atoms with van der Waals surface area (Å²) in [4.78, 5) is 15.6. The van der Waals surface area contributed by atoms with Crippen molar-refractivity contribution in [2.45, 2.75) is 41.2 Å². The Morgan fingerprint density at radius 3 is 2.43 bits per heavy atom. The van der Waals surface area contributed by atoms with Crippen molar-refractivity contribution in [2.24, 2.45) is 16.7 Å². The highest BCUT2D eigenvalue weighted by Crippen LogP contribution is 2.69. The maximum Gasteiger partial charge on any atom is 0.335 e. The number of imidazole rings is 1. The van der Waals surface area contributed by atoms with E-state index < -0.39 is 5.97 Å². The molecule has 0 saturated heterocycles. The number of carboxylic acids is 1. The molecule has 1 aromatic heterocycles. The minimum absolute atomic E-state index is 0.291. The van der Waals surface area contributed by atoms with Gasteiger partial charge in [0, 0.05) is 6.54 Å². The Morgan fingerprint density at radius 2 is 1.90 bits per heavy atom. The molecule has 0 amide bonds. The highest BCUT2D eigenvalue weighted by Gasteiger charge is 2.64. The minimum Gasteiger partial charge on any atom is -0.478 e. The van der Waals surface area contributed by atoms with E-state index in [1.165, 1.54) is 0 Å². The zero-order valence-electron chi connectivity index (χ0n) is 13.3. The topological polar surface area (TPSA) is 55.1 Å². The van der Waals surface area contributed by atoms with Gasteiger partial charge >= 0.3 is 5.97 Å². The molecule has 3 rings (SSSR count). The van der Waals surface area contributed by atoms with Crippen molar-refractivity contribution in [3.63, 3.8) is 0 Å². The van der Waals surface area contributed by atoms with Crippen LogP contribution in [0.25, 0.3) is 11.0 Å². The maximum atomic E-state index is 11.1. The second-order valence-electron chi connectivity index (χ2n) is 7.27. The number of carboxylic acid groups (broad SMARTS) is 1. The largest absolute Gasteiger partial charge is 0.478 e. The molecule has 0 aliphatic heterocycles. The first-order valence-corrected chi connectivity index (χ1v) is 7.36. The summed E-state index contributed by atoms with van der Waals surface area (Å²) in [6.45, 7) is 12.2. The molecule has 1 fully saturated rings. The summed E-state index contributed by atoms with van der Waals surface area (Å²) in [5, 5.41) is 9.08. The molecule has 2 aromatic rings. The summed E-state index contributed by atoms with van der Waals surface area (Å²) in [6, 6.07) is 5.19. The van der Waals surface area contributed by atoms with Gasteiger partial charge in [-0.2, -0.15) is 0 Å². The number of benzene rings is 1. The number of aryl methyl sites for hydroxylation is 1. The summed E-state index contributed by atoms with van der Waals surface area (Å²) in [6.07, 6.45) is 0. The van der Waals surface area contributed by atoms with Crippen LogP contribution < -0.4 is 0 Å². The van der Waals surface area contributed by atoms with E-state index in [1.807, 2.05) is 13.0 Å². The fourth-order valence-corrected chi connectivity index (χ4v) is 3.59. The van der Waals surface area contributed by atoms with Crippen LogP contribution in [0.2, 0.25) is 0 Å². The second-order valence-corrected chi connectivity index (χ2v) is 7.27. The van der Waals surface area contributed by atoms with E-state index in [9.17, 15) is 4.79 Å². The normalized spacial score (nSPS) is 19.9. The standard InChI is InChI=1S/C17H22N2O2/c1-10-18-12-8-11(15(20)21)6-7-13(12)19(10)9-14-16(2,3)17(14,4)5/h6-8,14H,9H2,1-5H3,(H,20,21). The van der Waals surface area contributed by atoms with Crippen molar-refractivity contribution in [1.29, 1.82) is 0 Å². The van der Waals surface area contributed by atoms with Crippen LogP contribution in [0, 0.1) is 23.7 Å². The van der Waals surface area contributed by atoms with Crippen LogP contribution in [-0.2, 0) is 6.54 Å². The maximum absolute atomic E-state index is 11.1. The third-order valence-electron chi connectivity index (χ3n) is 5.87. The SMILES string of the molecule is Cc1nc2cc(C(=O)O)ccc2n1CC1C(C)(C)C1(C)C. The molecule has 0 unspecified atom stereocenters. The van der Waals surface area contributed by atoms with Gasteiger partial charge in [0.2, 0.25) is 0 Å². The van der Waals surface area contributed by atoms with E-state index in [0.29, 0.717) is 22.3 Å². The number of aromatic nitrogens is 2. The molecular formula is C17H22N2O2. The number of aromatic carboxylic acids is 1. The predicted octanol–water partition coefficient (Wildman–Crippen LogP) is 3.73. The Balaban J connectivity index is 2.00. The molecular weight excluding hydrogens is 264 g/mol. The number of hydrogen-bond donors (Lipinski definition) is 1. The molecule has 0 bridgehead atoms. The van der Waals surface area contributed by atoms with Gasteiger partial charge in [-0.1, -0.05) is 27.7 Å². The van der Waals surface area contributed by atoms with Crippen LogP contribution >= 0.6 is 0 Å². The van der Waals surface area contributed by atoms with E-state index in [2.05, 4.69) is 37.2 Å². The van der Waals surface area contributed by atoms with E-state index in [1.54, 1.807) is 12.1 Å². The van der Waals surface area contributed by atoms with Gasteiger partial charge in [-0.25, -0.2) is 9.78 Å². The summed E-state index contributed by atoms with van der Waals surface area (Å²) in [5.74, 6) is 0.653. The highest BCUT2D eigenvalue weighted by molar-refractivity contribution is 5.92. The van der Waals surface area contributed by atoms with Crippen molar-refractivity contribution in [3.05, 3.63) is 29.6 Å². The van der Waals surface area contributed by atoms with Crippen molar-refractivity contribution in [1.82, 2.24) is 9.55 Å². The molecule has 1 saturated carbocycles. The van der Waals surface area contributed by atoms with Gasteiger partial charge in [-0.3, -0.25) is 0 Å². The first-order valence-electron chi connectivity index (χ1n) is 7.36. The third-order valence-corrected chi connectivity index (χ3v) is 5.87. The Bertz CT molecular complexity index is 727. The highest BCUT2D eigenvalue weighted by atomic mass is 16.4. The average Bonchev–Trinajstić information content (AvgIpc) is 2.66. The van der Waals surface area contributed by atoms with Crippen LogP contribution in [0.4, 0.5) is 0 Å². The molecule has 1 aliphatic carbocycles. The lowest BCUT2D eigenvalue weighted by Crippen LogP contribution is -2.06. The summed E-state index contributed by atoms with van der Waals surface area (Å²) in [5.41, 5.74) is 2.74. The van der Waals surface area contributed by atoms with Crippen LogP contribution in [0.15, 0.2) is 18.2 Å². The molecule has 1 aromatic carbocycles. The fourth-order valence-electron chi connectivity index (χ4n) is 3.59. The first-order chi connectivity index (χ1) is 9.66. The van der Waals surface area contributed by atoms with Crippen LogP contribution in [0.3, 0.4) is 0 Å². The zero-order chi connectivity index (χ0) is 15.6. The predicted molar refractivity (Wildman–Crippen MR) is 82.5 cm³/mol. The van der Waals surface area contributed by atoms with Gasteiger partial charge < -0.3 is 9.67 Å². The number of rotatable bonds is 3. The van der Waals surface area contributed by atoms with Gasteiger partial charge in [0.1, 0.15) is 5.82 Å². The molecule has 112 valence electrons. The van der Waals surface area contributed by atoms with Crippen molar-refractivity contribution < 1.29 is 9.90 Å². The first kappa shape index (κ1) is 14.1. The number of fused-ring (bicyclic) bond motifs is 1. The smallest absolute Gasteiger partial charge is 0.335 e. The second kappa shape index (κ2) is 4.09. The van der Waals surface area contributed by atoms with E-state index in [-0.39, 0.29) is 0 Å².